The van der Waals surface area contributed by atoms with E-state index in [0.29, 0.717) is 5.56 Å². The van der Waals surface area contributed by atoms with E-state index in [1.165, 1.54) is 12.1 Å². The molecule has 0 bridgehead atoms. The van der Waals surface area contributed by atoms with Crippen molar-refractivity contribution in [3.63, 3.8) is 0 Å². The van der Waals surface area contributed by atoms with Crippen LogP contribution >= 0.6 is 22.9 Å². The summed E-state index contributed by atoms with van der Waals surface area (Å²) in [6, 6.07) is 3.91. The molecule has 0 saturated heterocycles. The van der Waals surface area contributed by atoms with Gasteiger partial charge in [0, 0.05) is 0 Å². The number of hydrogen-bond donors (Lipinski definition) is 2. The maximum atomic E-state index is 12.1. The van der Waals surface area contributed by atoms with Gasteiger partial charge in [-0.2, -0.15) is 0 Å². The number of primary sulfonamides is 1. The molecular weight excluding hydrogens is 358 g/mol. The predicted molar refractivity (Wildman–Crippen MR) is 80.5 cm³/mol. The minimum absolute atomic E-state index is 0.0760. The normalized spacial score (nSPS) is 12.3. The number of aryl methyl sites for hydroxylation is 1. The number of thiazole rings is 1. The molecule has 1 aromatic heterocycles. The summed E-state index contributed by atoms with van der Waals surface area (Å²) in [5.41, 5.74) is 0.660. The zero-order valence-corrected chi connectivity index (χ0v) is 13.8. The van der Waals surface area contributed by atoms with Crippen molar-refractivity contribution in [2.75, 3.05) is 4.72 Å². The van der Waals surface area contributed by atoms with Crippen LogP contribution in [0.1, 0.15) is 5.56 Å². The zero-order chi connectivity index (χ0) is 15.8. The van der Waals surface area contributed by atoms with Gasteiger partial charge in [0.1, 0.15) is 0 Å². The van der Waals surface area contributed by atoms with Crippen molar-refractivity contribution >= 4 is 48.7 Å². The number of hydrogen-bond acceptors (Lipinski definition) is 6. The molecule has 0 aliphatic rings. The molecule has 7 nitrogen and oxygen atoms in total. The topological polar surface area (TPSA) is 119 Å². The number of nitrogens with one attached hydrogen (secondary N) is 1. The van der Waals surface area contributed by atoms with Crippen LogP contribution in [0, 0.1) is 6.92 Å². The van der Waals surface area contributed by atoms with Gasteiger partial charge in [-0.15, -0.1) is 0 Å². The van der Waals surface area contributed by atoms with E-state index in [1.54, 1.807) is 6.92 Å². The van der Waals surface area contributed by atoms with Gasteiger partial charge in [0.05, 0.1) is 16.8 Å². The van der Waals surface area contributed by atoms with Crippen LogP contribution in [0.4, 0.5) is 5.69 Å². The first-order valence-corrected chi connectivity index (χ1v) is 9.59. The largest absolute Gasteiger partial charge is 0.279 e. The molecule has 0 spiro atoms. The highest BCUT2D eigenvalue weighted by Crippen LogP contribution is 2.27. The fourth-order valence-electron chi connectivity index (χ4n) is 1.45. The number of sulfonamides is 2. The summed E-state index contributed by atoms with van der Waals surface area (Å²) < 4.78 is 49.2. The first-order chi connectivity index (χ1) is 9.59. The zero-order valence-electron chi connectivity index (χ0n) is 10.6. The number of benzene rings is 1. The summed E-state index contributed by atoms with van der Waals surface area (Å²) in [5, 5.41) is 5.02. The lowest BCUT2D eigenvalue weighted by Crippen LogP contribution is -2.15. The van der Waals surface area contributed by atoms with Crippen LogP contribution in [-0.2, 0) is 20.0 Å². The van der Waals surface area contributed by atoms with Crippen molar-refractivity contribution in [2.24, 2.45) is 5.14 Å². The Morgan fingerprint density at radius 3 is 2.48 bits per heavy atom. The van der Waals surface area contributed by atoms with E-state index in [4.69, 9.17) is 16.7 Å². The van der Waals surface area contributed by atoms with Gasteiger partial charge in [0.25, 0.3) is 10.0 Å². The Kier molecular flexibility index (Phi) is 4.26. The highest BCUT2D eigenvalue weighted by atomic mass is 35.5. The van der Waals surface area contributed by atoms with Gasteiger partial charge in [-0.3, -0.25) is 4.72 Å². The Morgan fingerprint density at radius 2 is 1.95 bits per heavy atom. The van der Waals surface area contributed by atoms with Crippen molar-refractivity contribution in [1.82, 2.24) is 4.98 Å². The molecule has 0 amide bonds. The van der Waals surface area contributed by atoms with E-state index >= 15 is 0 Å². The van der Waals surface area contributed by atoms with Crippen LogP contribution in [0.5, 0.6) is 0 Å². The molecule has 2 rings (SSSR count). The van der Waals surface area contributed by atoms with E-state index in [-0.39, 0.29) is 19.3 Å². The SMILES string of the molecule is Cc1ccc(S(N)(=O)=O)cc1NS(=O)(=O)c1cnc(Cl)s1. The van der Waals surface area contributed by atoms with Crippen LogP contribution in [0.15, 0.2) is 33.5 Å². The standard InChI is InChI=1S/C10H10ClN3O4S3/c1-6-2-3-7(20(12,15)16)4-8(6)14-21(17,18)9-5-13-10(11)19-9/h2-5,14H,1H3,(H2,12,15,16). The summed E-state index contributed by atoms with van der Waals surface area (Å²) in [4.78, 5) is 3.47. The summed E-state index contributed by atoms with van der Waals surface area (Å²) >= 11 is 6.40. The predicted octanol–water partition coefficient (Wildman–Crippen LogP) is 1.55. The summed E-state index contributed by atoms with van der Waals surface area (Å²) in [6.07, 6.45) is 1.12. The van der Waals surface area contributed by atoms with Crippen molar-refractivity contribution in [2.45, 2.75) is 16.0 Å². The van der Waals surface area contributed by atoms with Crippen LogP contribution in [-0.4, -0.2) is 21.8 Å². The lowest BCUT2D eigenvalue weighted by molar-refractivity contribution is 0.596. The highest BCUT2D eigenvalue weighted by molar-refractivity contribution is 7.94. The summed E-state index contributed by atoms with van der Waals surface area (Å²) in [7, 11) is -7.82. The molecule has 0 aliphatic carbocycles. The number of rotatable bonds is 4. The maximum absolute atomic E-state index is 12.1. The molecule has 21 heavy (non-hydrogen) atoms. The third-order valence-electron chi connectivity index (χ3n) is 2.50. The van der Waals surface area contributed by atoms with Gasteiger partial charge in [-0.25, -0.2) is 27.0 Å². The first-order valence-electron chi connectivity index (χ1n) is 5.37. The second-order valence-corrected chi connectivity index (χ2v) is 9.14. The van der Waals surface area contributed by atoms with Crippen molar-refractivity contribution in [1.29, 1.82) is 0 Å². The molecule has 0 aliphatic heterocycles. The molecule has 1 heterocycles. The van der Waals surface area contributed by atoms with Gasteiger partial charge in [-0.1, -0.05) is 29.0 Å². The Morgan fingerprint density at radius 1 is 1.29 bits per heavy atom. The molecule has 2 aromatic rings. The van der Waals surface area contributed by atoms with Crippen molar-refractivity contribution in [3.8, 4) is 0 Å². The summed E-state index contributed by atoms with van der Waals surface area (Å²) in [5.74, 6) is 0. The number of nitrogens with two attached hydrogens (primary N) is 1. The monoisotopic (exact) mass is 367 g/mol. The molecule has 0 radical (unpaired) electrons. The molecule has 11 heteroatoms. The van der Waals surface area contributed by atoms with Gasteiger partial charge in [-0.05, 0) is 24.6 Å². The number of aromatic nitrogens is 1. The molecule has 114 valence electrons. The number of anilines is 1. The third kappa shape index (κ3) is 3.71. The molecule has 0 fully saturated rings. The summed E-state index contributed by atoms with van der Waals surface area (Å²) in [6.45, 7) is 1.63. The Labute approximate surface area is 130 Å². The number of halogens is 1. The Hall–Kier alpha value is -1.20. The average Bonchev–Trinajstić information content (AvgIpc) is 2.78. The van der Waals surface area contributed by atoms with Crippen LogP contribution in [0.25, 0.3) is 0 Å². The van der Waals surface area contributed by atoms with Gasteiger partial charge >= 0.3 is 0 Å². The molecule has 0 saturated carbocycles. The fraction of sp³-hybridized carbons (Fsp3) is 0.100. The van der Waals surface area contributed by atoms with Gasteiger partial charge < -0.3 is 0 Å². The van der Waals surface area contributed by atoms with Gasteiger partial charge in [0.2, 0.25) is 10.0 Å². The third-order valence-corrected chi connectivity index (χ3v) is 6.36. The Balaban J connectivity index is 2.44. The quantitative estimate of drug-likeness (QED) is 0.849. The lowest BCUT2D eigenvalue weighted by Gasteiger charge is -2.10. The van der Waals surface area contributed by atoms with E-state index in [2.05, 4.69) is 9.71 Å². The van der Waals surface area contributed by atoms with Crippen molar-refractivity contribution in [3.05, 3.63) is 34.4 Å². The average molecular weight is 368 g/mol. The van der Waals surface area contributed by atoms with E-state index in [9.17, 15) is 16.8 Å². The minimum atomic E-state index is -3.92. The maximum Gasteiger partial charge on any atom is 0.273 e. The smallest absolute Gasteiger partial charge is 0.273 e. The number of nitrogens with zero attached hydrogens (tertiary/aromatic N) is 1. The van der Waals surface area contributed by atoms with Crippen LogP contribution in [0.3, 0.4) is 0 Å². The molecular formula is C10H10ClN3O4S3. The van der Waals surface area contributed by atoms with Crippen molar-refractivity contribution < 1.29 is 16.8 Å². The van der Waals surface area contributed by atoms with E-state index < -0.39 is 20.0 Å². The van der Waals surface area contributed by atoms with Crippen LogP contribution in [0.2, 0.25) is 4.47 Å². The second-order valence-electron chi connectivity index (χ2n) is 4.06. The fourth-order valence-corrected chi connectivity index (χ4v) is 4.40. The second kappa shape index (κ2) is 5.54. The molecule has 0 atom stereocenters. The van der Waals surface area contributed by atoms with Crippen LogP contribution < -0.4 is 9.86 Å². The first kappa shape index (κ1) is 16.2. The minimum Gasteiger partial charge on any atom is -0.279 e. The van der Waals surface area contributed by atoms with E-state index in [0.717, 1.165) is 23.6 Å². The lowest BCUT2D eigenvalue weighted by atomic mass is 10.2. The molecule has 1 aromatic carbocycles. The highest BCUT2D eigenvalue weighted by Gasteiger charge is 2.20. The van der Waals surface area contributed by atoms with Gasteiger partial charge in [0.15, 0.2) is 8.68 Å². The molecule has 0 unspecified atom stereocenters. The van der Waals surface area contributed by atoms with E-state index in [1.807, 2.05) is 0 Å². The molecule has 3 N–H and O–H groups in total. The Bertz CT molecular complexity index is 890.